The minimum absolute atomic E-state index is 0.0631. The molecule has 0 radical (unpaired) electrons. The minimum Gasteiger partial charge on any atom is -0.453 e. The Morgan fingerprint density at radius 3 is 2.68 bits per heavy atom. The maximum atomic E-state index is 13.1. The molecule has 0 saturated heterocycles. The number of nitrogens with one attached hydrogen (secondary N) is 1. The van der Waals surface area contributed by atoms with E-state index < -0.39 is 10.0 Å². The van der Waals surface area contributed by atoms with Gasteiger partial charge in [0, 0.05) is 12.6 Å². The number of para-hydroxylation sites is 1. The standard InChI is InChI=1S/C31H41N5O4S/c1-22-11-14-26(15-12-22)41(38,39)32-17-7-6-8-24-13-16-27-25(20-24)18-23(2)19-30(27)35(31(37)40-3)21-36-29-10-5-4-9-28(29)33-34-36/h4-5,9-15,23,25,27,30,32H,6-8,16-21H2,1-3H3/t23-,25+,27-,30+/m1/s1. The van der Waals surface area contributed by atoms with Gasteiger partial charge in [-0.2, -0.15) is 0 Å². The van der Waals surface area contributed by atoms with Gasteiger partial charge in [0.1, 0.15) is 12.2 Å². The van der Waals surface area contributed by atoms with Gasteiger partial charge in [0.25, 0.3) is 0 Å². The summed E-state index contributed by atoms with van der Waals surface area (Å²) < 4.78 is 34.9. The van der Waals surface area contributed by atoms with Gasteiger partial charge in [0.15, 0.2) is 0 Å². The van der Waals surface area contributed by atoms with Crippen molar-refractivity contribution >= 4 is 27.1 Å². The second-order valence-electron chi connectivity index (χ2n) is 11.7. The molecule has 1 heterocycles. The van der Waals surface area contributed by atoms with Crippen molar-refractivity contribution < 1.29 is 17.9 Å². The Bertz CT molecular complexity index is 1480. The molecule has 0 spiro atoms. The molecule has 2 aliphatic rings. The SMILES string of the molecule is COC(=O)N(Cn1nnc2ccccc21)[C@H]1C[C@H](C)C[C@H]2CC(CCCCNS(=O)(=O)c3ccc(C)cc3)=CC[C@H]21. The van der Waals surface area contributed by atoms with Crippen LogP contribution in [-0.2, 0) is 21.4 Å². The van der Waals surface area contributed by atoms with E-state index in [0.29, 0.717) is 35.9 Å². The zero-order valence-corrected chi connectivity index (χ0v) is 25.0. The first-order chi connectivity index (χ1) is 19.7. The Hall–Kier alpha value is -3.24. The number of nitrogens with zero attached hydrogens (tertiary/aromatic N) is 4. The Morgan fingerprint density at radius 2 is 1.90 bits per heavy atom. The van der Waals surface area contributed by atoms with Gasteiger partial charge in [0.05, 0.1) is 17.5 Å². The lowest BCUT2D eigenvalue weighted by molar-refractivity contribution is 0.0175. The third-order valence-electron chi connectivity index (χ3n) is 8.72. The van der Waals surface area contributed by atoms with E-state index in [4.69, 9.17) is 4.74 Å². The van der Waals surface area contributed by atoms with E-state index in [1.54, 1.807) is 16.8 Å². The molecule has 41 heavy (non-hydrogen) atoms. The van der Waals surface area contributed by atoms with Gasteiger partial charge < -0.3 is 4.74 Å². The normalized spacial score (nSPS) is 22.7. The molecule has 10 heteroatoms. The summed E-state index contributed by atoms with van der Waals surface area (Å²) in [5.74, 6) is 1.37. The molecule has 1 fully saturated rings. The number of aromatic nitrogens is 3. The second kappa shape index (κ2) is 12.7. The summed E-state index contributed by atoms with van der Waals surface area (Å²) in [5, 5.41) is 8.60. The van der Waals surface area contributed by atoms with Crippen LogP contribution in [0.25, 0.3) is 11.0 Å². The van der Waals surface area contributed by atoms with Crippen molar-refractivity contribution in [3.05, 3.63) is 65.7 Å². The zero-order valence-electron chi connectivity index (χ0n) is 24.2. The van der Waals surface area contributed by atoms with Crippen LogP contribution in [0.15, 0.2) is 65.1 Å². The van der Waals surface area contributed by atoms with Crippen molar-refractivity contribution in [2.45, 2.75) is 76.4 Å². The summed E-state index contributed by atoms with van der Waals surface area (Å²) in [6.07, 6.45) is 8.78. The number of carbonyl (C=O) groups excluding carboxylic acids is 1. The fourth-order valence-electron chi connectivity index (χ4n) is 6.62. The monoisotopic (exact) mass is 579 g/mol. The molecule has 1 aromatic heterocycles. The molecule has 0 bridgehead atoms. The molecule has 1 N–H and O–H groups in total. The highest BCUT2D eigenvalue weighted by atomic mass is 32.2. The molecule has 4 atom stereocenters. The van der Waals surface area contributed by atoms with Gasteiger partial charge in [0.2, 0.25) is 10.0 Å². The van der Waals surface area contributed by atoms with E-state index in [0.717, 1.165) is 61.5 Å². The van der Waals surface area contributed by atoms with Crippen LogP contribution in [0.2, 0.25) is 0 Å². The maximum Gasteiger partial charge on any atom is 0.411 e. The number of benzene rings is 2. The average Bonchev–Trinajstić information content (AvgIpc) is 3.37. The van der Waals surface area contributed by atoms with Crippen molar-refractivity contribution in [3.63, 3.8) is 0 Å². The average molecular weight is 580 g/mol. The fourth-order valence-corrected chi connectivity index (χ4v) is 7.70. The predicted octanol–water partition coefficient (Wildman–Crippen LogP) is 5.67. The zero-order chi connectivity index (χ0) is 29.0. The van der Waals surface area contributed by atoms with Crippen LogP contribution in [0.5, 0.6) is 0 Å². The van der Waals surface area contributed by atoms with Crippen LogP contribution in [-0.4, -0.2) is 54.1 Å². The van der Waals surface area contributed by atoms with Crippen LogP contribution in [0.1, 0.15) is 57.4 Å². The third-order valence-corrected chi connectivity index (χ3v) is 10.2. The lowest BCUT2D eigenvalue weighted by Crippen LogP contribution is -2.51. The van der Waals surface area contributed by atoms with Crippen LogP contribution in [0.3, 0.4) is 0 Å². The molecule has 0 aliphatic heterocycles. The lowest BCUT2D eigenvalue weighted by atomic mass is 9.65. The molecule has 1 amide bonds. The smallest absolute Gasteiger partial charge is 0.411 e. The highest BCUT2D eigenvalue weighted by molar-refractivity contribution is 7.89. The van der Waals surface area contributed by atoms with Crippen LogP contribution >= 0.6 is 0 Å². The van der Waals surface area contributed by atoms with E-state index in [-0.39, 0.29) is 12.1 Å². The molecule has 9 nitrogen and oxygen atoms in total. The van der Waals surface area contributed by atoms with Crippen LogP contribution in [0.4, 0.5) is 4.79 Å². The number of fused-ring (bicyclic) bond motifs is 2. The van der Waals surface area contributed by atoms with Gasteiger partial charge in [-0.25, -0.2) is 22.6 Å². The summed E-state index contributed by atoms with van der Waals surface area (Å²) in [6, 6.07) is 14.8. The fraction of sp³-hybridized carbons (Fsp3) is 0.516. The number of amides is 1. The number of sulfonamides is 1. The maximum absolute atomic E-state index is 13.1. The van der Waals surface area contributed by atoms with E-state index in [9.17, 15) is 13.2 Å². The Morgan fingerprint density at radius 1 is 1.12 bits per heavy atom. The number of ether oxygens (including phenoxy) is 1. The Balaban J connectivity index is 1.19. The number of rotatable bonds is 10. The topological polar surface area (TPSA) is 106 Å². The van der Waals surface area contributed by atoms with Crippen LogP contribution < -0.4 is 4.72 Å². The predicted molar refractivity (Wildman–Crippen MR) is 158 cm³/mol. The Labute approximate surface area is 243 Å². The van der Waals surface area contributed by atoms with Gasteiger partial charge in [-0.05, 0) is 93.9 Å². The number of aryl methyl sites for hydroxylation is 1. The van der Waals surface area contributed by atoms with Crippen molar-refractivity contribution in [1.82, 2.24) is 24.6 Å². The first kappa shape index (κ1) is 29.3. The molecule has 1 saturated carbocycles. The number of carbonyl (C=O) groups is 1. The number of methoxy groups -OCH3 is 1. The summed E-state index contributed by atoms with van der Waals surface area (Å²) in [5.41, 5.74) is 4.19. The molecule has 220 valence electrons. The van der Waals surface area contributed by atoms with Crippen molar-refractivity contribution in [2.75, 3.05) is 13.7 Å². The molecule has 0 unspecified atom stereocenters. The molecular weight excluding hydrogens is 538 g/mol. The van der Waals surface area contributed by atoms with E-state index in [1.807, 2.05) is 48.2 Å². The molecule has 2 aliphatic carbocycles. The van der Waals surface area contributed by atoms with E-state index in [2.05, 4.69) is 28.0 Å². The molecule has 3 aromatic rings. The van der Waals surface area contributed by atoms with Crippen molar-refractivity contribution in [2.24, 2.45) is 17.8 Å². The largest absolute Gasteiger partial charge is 0.453 e. The van der Waals surface area contributed by atoms with Gasteiger partial charge in [-0.3, -0.25) is 4.90 Å². The summed E-state index contributed by atoms with van der Waals surface area (Å²) in [7, 11) is -2.03. The molecule has 5 rings (SSSR count). The molecule has 2 aromatic carbocycles. The lowest BCUT2D eigenvalue weighted by Gasteiger charge is -2.47. The first-order valence-corrected chi connectivity index (χ1v) is 16.1. The third kappa shape index (κ3) is 6.81. The second-order valence-corrected chi connectivity index (χ2v) is 13.5. The molecular formula is C31H41N5O4S. The first-order valence-electron chi connectivity index (χ1n) is 14.6. The van der Waals surface area contributed by atoms with Gasteiger partial charge in [-0.15, -0.1) is 5.10 Å². The van der Waals surface area contributed by atoms with Gasteiger partial charge >= 0.3 is 6.09 Å². The summed E-state index contributed by atoms with van der Waals surface area (Å²) >= 11 is 0. The van der Waals surface area contributed by atoms with E-state index in [1.165, 1.54) is 12.7 Å². The quantitative estimate of drug-likeness (QED) is 0.245. The highest BCUT2D eigenvalue weighted by Crippen LogP contribution is 2.45. The van der Waals surface area contributed by atoms with E-state index >= 15 is 0 Å². The number of hydrogen-bond donors (Lipinski definition) is 1. The highest BCUT2D eigenvalue weighted by Gasteiger charge is 2.42. The number of allylic oxidation sites excluding steroid dienone is 2. The van der Waals surface area contributed by atoms with Crippen molar-refractivity contribution in [3.8, 4) is 0 Å². The van der Waals surface area contributed by atoms with Crippen molar-refractivity contribution in [1.29, 1.82) is 0 Å². The van der Waals surface area contributed by atoms with Gasteiger partial charge in [-0.1, -0.05) is 53.6 Å². The minimum atomic E-state index is -3.48. The summed E-state index contributed by atoms with van der Waals surface area (Å²) in [6.45, 7) is 4.96. The van der Waals surface area contributed by atoms with Crippen LogP contribution in [0, 0.1) is 24.7 Å². The number of hydrogen-bond acceptors (Lipinski definition) is 6. The Kier molecular flexibility index (Phi) is 9.09. The summed E-state index contributed by atoms with van der Waals surface area (Å²) in [4.78, 5) is 15.2. The number of unbranched alkanes of at least 4 members (excludes halogenated alkanes) is 1.